The fourth-order valence-corrected chi connectivity index (χ4v) is 3.34. The van der Waals surface area contributed by atoms with Crippen molar-refractivity contribution in [2.24, 2.45) is 0 Å². The molecule has 0 amide bonds. The number of aromatic nitrogens is 1. The Morgan fingerprint density at radius 1 is 1.62 bits per heavy atom. The molecule has 0 unspecified atom stereocenters. The summed E-state index contributed by atoms with van der Waals surface area (Å²) >= 11 is 1.17. The highest BCUT2D eigenvalue weighted by Gasteiger charge is 2.16. The molecule has 1 aromatic rings. The van der Waals surface area contributed by atoms with E-state index in [2.05, 4.69) is 10.3 Å². The Bertz CT molecular complexity index is 370. The first-order chi connectivity index (χ1) is 6.10. The summed E-state index contributed by atoms with van der Waals surface area (Å²) in [5.74, 6) is 0.193. The molecule has 1 N–H and O–H groups in total. The molecule has 1 heterocycles. The topological polar surface area (TPSA) is 59.1 Å². The SMILES string of the molecule is CCCS(=O)(=O)c1cnc(NC)s1. The van der Waals surface area contributed by atoms with E-state index in [4.69, 9.17) is 0 Å². The minimum absolute atomic E-state index is 0.193. The smallest absolute Gasteiger partial charge is 0.189 e. The second-order valence-corrected chi connectivity index (χ2v) is 5.92. The van der Waals surface area contributed by atoms with Crippen molar-refractivity contribution in [2.45, 2.75) is 17.6 Å². The van der Waals surface area contributed by atoms with Gasteiger partial charge in [-0.3, -0.25) is 0 Å². The molecule has 0 aliphatic rings. The van der Waals surface area contributed by atoms with E-state index in [1.807, 2.05) is 6.92 Å². The van der Waals surface area contributed by atoms with E-state index in [0.29, 0.717) is 15.8 Å². The molecule has 74 valence electrons. The Labute approximate surface area is 81.9 Å². The molecule has 4 nitrogen and oxygen atoms in total. The van der Waals surface area contributed by atoms with Gasteiger partial charge in [-0.1, -0.05) is 18.3 Å². The average molecular weight is 220 g/mol. The van der Waals surface area contributed by atoms with E-state index in [-0.39, 0.29) is 5.75 Å². The summed E-state index contributed by atoms with van der Waals surface area (Å²) in [4.78, 5) is 3.91. The minimum atomic E-state index is -3.08. The molecule has 0 aliphatic carbocycles. The highest BCUT2D eigenvalue weighted by atomic mass is 32.2. The normalized spacial score (nSPS) is 11.5. The Morgan fingerprint density at radius 2 is 2.31 bits per heavy atom. The second-order valence-electron chi connectivity index (χ2n) is 2.55. The molecule has 13 heavy (non-hydrogen) atoms. The lowest BCUT2D eigenvalue weighted by molar-refractivity contribution is 0.596. The van der Waals surface area contributed by atoms with E-state index >= 15 is 0 Å². The van der Waals surface area contributed by atoms with Gasteiger partial charge in [0.25, 0.3) is 0 Å². The molecule has 1 rings (SSSR count). The molecule has 0 radical (unpaired) electrons. The fourth-order valence-electron chi connectivity index (χ4n) is 0.888. The zero-order valence-electron chi connectivity index (χ0n) is 7.57. The van der Waals surface area contributed by atoms with Crippen molar-refractivity contribution in [3.05, 3.63) is 6.20 Å². The molecule has 0 atom stereocenters. The Hall–Kier alpha value is -0.620. The van der Waals surface area contributed by atoms with Gasteiger partial charge in [0.2, 0.25) is 0 Å². The molecule has 6 heteroatoms. The fraction of sp³-hybridized carbons (Fsp3) is 0.571. The predicted octanol–water partition coefficient (Wildman–Crippen LogP) is 1.37. The van der Waals surface area contributed by atoms with Gasteiger partial charge in [0, 0.05) is 7.05 Å². The van der Waals surface area contributed by atoms with Crippen LogP contribution in [-0.4, -0.2) is 26.2 Å². The quantitative estimate of drug-likeness (QED) is 0.832. The molecular weight excluding hydrogens is 208 g/mol. The molecular formula is C7H12N2O2S2. The van der Waals surface area contributed by atoms with Crippen LogP contribution in [0.2, 0.25) is 0 Å². The van der Waals surface area contributed by atoms with Crippen LogP contribution in [-0.2, 0) is 9.84 Å². The zero-order valence-corrected chi connectivity index (χ0v) is 9.20. The van der Waals surface area contributed by atoms with Crippen LogP contribution in [0.4, 0.5) is 5.13 Å². The first-order valence-corrected chi connectivity index (χ1v) is 6.43. The lowest BCUT2D eigenvalue weighted by Crippen LogP contribution is -2.03. The van der Waals surface area contributed by atoms with Gasteiger partial charge in [0.15, 0.2) is 15.0 Å². The maximum Gasteiger partial charge on any atom is 0.189 e. The standard InChI is InChI=1S/C7H12N2O2S2/c1-3-4-13(10,11)6-5-9-7(8-2)12-6/h5H,3-4H2,1-2H3,(H,8,9). The van der Waals surface area contributed by atoms with Gasteiger partial charge in [-0.05, 0) is 6.42 Å². The Kier molecular flexibility index (Phi) is 3.27. The van der Waals surface area contributed by atoms with E-state index in [1.54, 1.807) is 7.05 Å². The first kappa shape index (κ1) is 10.5. The van der Waals surface area contributed by atoms with Crippen LogP contribution < -0.4 is 5.32 Å². The molecule has 0 bridgehead atoms. The van der Waals surface area contributed by atoms with Crippen LogP contribution >= 0.6 is 11.3 Å². The second kappa shape index (κ2) is 4.06. The maximum atomic E-state index is 11.5. The van der Waals surface area contributed by atoms with Crippen LogP contribution in [0, 0.1) is 0 Å². The summed E-state index contributed by atoms with van der Waals surface area (Å²) in [5.41, 5.74) is 0. The Morgan fingerprint density at radius 3 is 2.77 bits per heavy atom. The number of sulfone groups is 1. The van der Waals surface area contributed by atoms with Crippen molar-refractivity contribution in [1.82, 2.24) is 4.98 Å². The average Bonchev–Trinajstić information content (AvgIpc) is 2.52. The van der Waals surface area contributed by atoms with E-state index in [0.717, 1.165) is 0 Å². The van der Waals surface area contributed by atoms with E-state index in [9.17, 15) is 8.42 Å². The lowest BCUT2D eigenvalue weighted by Gasteiger charge is -1.95. The van der Waals surface area contributed by atoms with Gasteiger partial charge in [0.1, 0.15) is 4.21 Å². The van der Waals surface area contributed by atoms with Crippen LogP contribution in [0.5, 0.6) is 0 Å². The molecule has 0 spiro atoms. The number of thiazole rings is 1. The number of nitrogens with zero attached hydrogens (tertiary/aromatic N) is 1. The van der Waals surface area contributed by atoms with Crippen LogP contribution in [0.3, 0.4) is 0 Å². The summed E-state index contributed by atoms with van der Waals surface area (Å²) in [7, 11) is -1.37. The van der Waals surface area contributed by atoms with Gasteiger partial charge in [-0.15, -0.1) is 0 Å². The number of hydrogen-bond acceptors (Lipinski definition) is 5. The van der Waals surface area contributed by atoms with Crippen molar-refractivity contribution in [3.8, 4) is 0 Å². The maximum absolute atomic E-state index is 11.5. The van der Waals surface area contributed by atoms with Crippen molar-refractivity contribution < 1.29 is 8.42 Å². The van der Waals surface area contributed by atoms with E-state index < -0.39 is 9.84 Å². The minimum Gasteiger partial charge on any atom is -0.365 e. The lowest BCUT2D eigenvalue weighted by atomic mass is 10.6. The monoisotopic (exact) mass is 220 g/mol. The molecule has 1 aromatic heterocycles. The number of anilines is 1. The van der Waals surface area contributed by atoms with Gasteiger partial charge < -0.3 is 5.32 Å². The summed E-state index contributed by atoms with van der Waals surface area (Å²) in [5, 5.41) is 3.44. The highest BCUT2D eigenvalue weighted by Crippen LogP contribution is 2.23. The number of rotatable bonds is 4. The zero-order chi connectivity index (χ0) is 9.90. The highest BCUT2D eigenvalue weighted by molar-refractivity contribution is 7.93. The van der Waals surface area contributed by atoms with Gasteiger partial charge >= 0.3 is 0 Å². The van der Waals surface area contributed by atoms with Crippen molar-refractivity contribution in [3.63, 3.8) is 0 Å². The molecule has 0 saturated heterocycles. The summed E-state index contributed by atoms with van der Waals surface area (Å²) < 4.78 is 23.4. The predicted molar refractivity (Wildman–Crippen MR) is 54.0 cm³/mol. The molecule has 0 aliphatic heterocycles. The molecule has 0 saturated carbocycles. The van der Waals surface area contributed by atoms with Crippen LogP contribution in [0.25, 0.3) is 0 Å². The van der Waals surface area contributed by atoms with E-state index in [1.165, 1.54) is 17.5 Å². The number of hydrogen-bond donors (Lipinski definition) is 1. The van der Waals surface area contributed by atoms with Gasteiger partial charge in [-0.2, -0.15) is 0 Å². The van der Waals surface area contributed by atoms with Crippen molar-refractivity contribution in [2.75, 3.05) is 18.1 Å². The van der Waals surface area contributed by atoms with Crippen molar-refractivity contribution >= 4 is 26.3 Å². The Balaban J connectivity index is 2.94. The first-order valence-electron chi connectivity index (χ1n) is 3.96. The summed E-state index contributed by atoms with van der Waals surface area (Å²) in [6.45, 7) is 1.84. The largest absolute Gasteiger partial charge is 0.365 e. The third kappa shape index (κ3) is 2.41. The molecule has 0 fully saturated rings. The van der Waals surface area contributed by atoms with Crippen molar-refractivity contribution in [1.29, 1.82) is 0 Å². The van der Waals surface area contributed by atoms with Crippen LogP contribution in [0.15, 0.2) is 10.4 Å². The van der Waals surface area contributed by atoms with Gasteiger partial charge in [0.05, 0.1) is 11.9 Å². The summed E-state index contributed by atoms with van der Waals surface area (Å²) in [6, 6.07) is 0. The molecule has 0 aromatic carbocycles. The summed E-state index contributed by atoms with van der Waals surface area (Å²) in [6.07, 6.45) is 2.04. The van der Waals surface area contributed by atoms with Crippen LogP contribution in [0.1, 0.15) is 13.3 Å². The number of nitrogens with one attached hydrogen (secondary N) is 1. The third-order valence-corrected chi connectivity index (χ3v) is 4.96. The van der Waals surface area contributed by atoms with Gasteiger partial charge in [-0.25, -0.2) is 13.4 Å². The third-order valence-electron chi connectivity index (χ3n) is 1.48.